The highest BCUT2D eigenvalue weighted by molar-refractivity contribution is 6.07. The maximum absolute atomic E-state index is 10.8. The summed E-state index contributed by atoms with van der Waals surface area (Å²) in [7, 11) is 0. The second-order valence-electron chi connectivity index (χ2n) is 9.91. The van der Waals surface area contributed by atoms with Crippen LogP contribution in [0.3, 0.4) is 0 Å². The fraction of sp³-hybridized carbons (Fsp3) is 0.0556. The van der Waals surface area contributed by atoms with E-state index in [1.807, 2.05) is 55.6 Å². The van der Waals surface area contributed by atoms with Crippen LogP contribution in [0.5, 0.6) is 0 Å². The normalized spacial score (nSPS) is 11.6. The fourth-order valence-corrected chi connectivity index (χ4v) is 5.85. The van der Waals surface area contributed by atoms with Gasteiger partial charge >= 0.3 is 0 Å². The Hall–Kier alpha value is -5.40. The minimum Gasteiger partial charge on any atom is -0.456 e. The highest BCUT2D eigenvalue weighted by Crippen LogP contribution is 2.41. The van der Waals surface area contributed by atoms with Gasteiger partial charge in [-0.1, -0.05) is 66.7 Å². The van der Waals surface area contributed by atoms with E-state index in [0.29, 0.717) is 5.56 Å². The molecule has 4 nitrogen and oxygen atoms in total. The molecule has 3 heterocycles. The van der Waals surface area contributed by atoms with Gasteiger partial charge in [-0.15, -0.1) is 0 Å². The third-order valence-electron chi connectivity index (χ3n) is 7.67. The summed E-state index contributed by atoms with van der Waals surface area (Å²) in [5, 5.41) is 14.0. The molecular weight excluding hydrogens is 490 g/mol. The number of hydrogen-bond acceptors (Lipinski definition) is 3. The first-order valence-electron chi connectivity index (χ1n) is 13.3. The van der Waals surface area contributed by atoms with Gasteiger partial charge in [0, 0.05) is 50.9 Å². The van der Waals surface area contributed by atoms with Crippen molar-refractivity contribution >= 4 is 38.9 Å². The van der Waals surface area contributed by atoms with Crippen molar-refractivity contribution in [3.63, 3.8) is 0 Å². The smallest absolute Gasteiger partial charge is 0.135 e. The molecule has 4 heteroatoms. The van der Waals surface area contributed by atoms with Crippen LogP contribution in [0.25, 0.3) is 66.9 Å². The lowest BCUT2D eigenvalue weighted by molar-refractivity contribution is 0.669. The van der Waals surface area contributed by atoms with E-state index in [-0.39, 0.29) is 0 Å². The molecule has 190 valence electrons. The van der Waals surface area contributed by atoms with Crippen LogP contribution in [0.1, 0.15) is 23.7 Å². The molecule has 0 radical (unpaired) electrons. The Kier molecular flexibility index (Phi) is 5.58. The minimum absolute atomic E-state index is 0.606. The van der Waals surface area contributed by atoms with E-state index in [0.717, 1.165) is 66.5 Å². The van der Waals surface area contributed by atoms with Gasteiger partial charge in [-0.3, -0.25) is 4.98 Å². The van der Waals surface area contributed by atoms with Gasteiger partial charge in [-0.25, -0.2) is 0 Å². The van der Waals surface area contributed by atoms with Gasteiger partial charge in [0.1, 0.15) is 17.2 Å². The summed E-state index contributed by atoms with van der Waals surface area (Å²) in [6.45, 7) is 4.17. The first-order valence-corrected chi connectivity index (χ1v) is 13.3. The number of benzene rings is 4. The quantitative estimate of drug-likeness (QED) is 0.235. The SMILES string of the molecule is C/C=C\c1c(C)c2ccccc2n1-c1c(-c2ccc3oc4ccccc4c3c2)ccc(-c2cccnc2)c1C#N. The number of nitrogens with zero attached hydrogens (tertiary/aromatic N) is 3. The first-order chi connectivity index (χ1) is 19.7. The average Bonchev–Trinajstić information content (AvgIpc) is 3.51. The van der Waals surface area contributed by atoms with Crippen LogP contribution >= 0.6 is 0 Å². The average molecular weight is 516 g/mol. The van der Waals surface area contributed by atoms with Crippen molar-refractivity contribution in [3.8, 4) is 34.0 Å². The molecule has 40 heavy (non-hydrogen) atoms. The zero-order chi connectivity index (χ0) is 27.2. The summed E-state index contributed by atoms with van der Waals surface area (Å²) in [6.07, 6.45) is 7.75. The summed E-state index contributed by atoms with van der Waals surface area (Å²) in [4.78, 5) is 4.34. The lowest BCUT2D eigenvalue weighted by atomic mass is 9.92. The number of allylic oxidation sites excluding steroid dienone is 1. The topological polar surface area (TPSA) is 54.8 Å². The molecule has 0 unspecified atom stereocenters. The third-order valence-corrected chi connectivity index (χ3v) is 7.67. The highest BCUT2D eigenvalue weighted by atomic mass is 16.3. The molecule has 0 saturated carbocycles. The summed E-state index contributed by atoms with van der Waals surface area (Å²) < 4.78 is 8.36. The fourth-order valence-electron chi connectivity index (χ4n) is 5.85. The van der Waals surface area contributed by atoms with Crippen molar-refractivity contribution in [3.05, 3.63) is 126 Å². The van der Waals surface area contributed by atoms with E-state index in [2.05, 4.69) is 83.2 Å². The van der Waals surface area contributed by atoms with Crippen molar-refractivity contribution in [2.24, 2.45) is 0 Å². The van der Waals surface area contributed by atoms with Crippen LogP contribution in [-0.4, -0.2) is 9.55 Å². The van der Waals surface area contributed by atoms with Crippen molar-refractivity contribution in [2.45, 2.75) is 13.8 Å². The van der Waals surface area contributed by atoms with Crippen LogP contribution < -0.4 is 0 Å². The van der Waals surface area contributed by atoms with Gasteiger partial charge in [0.2, 0.25) is 0 Å². The van der Waals surface area contributed by atoms with Gasteiger partial charge < -0.3 is 8.98 Å². The van der Waals surface area contributed by atoms with Gasteiger partial charge in [-0.05, 0) is 61.4 Å². The lowest BCUT2D eigenvalue weighted by Crippen LogP contribution is -2.05. The third kappa shape index (κ3) is 3.56. The number of para-hydroxylation sites is 2. The molecule has 0 aliphatic heterocycles. The molecule has 0 amide bonds. The van der Waals surface area contributed by atoms with Crippen molar-refractivity contribution in [1.29, 1.82) is 5.26 Å². The number of pyridine rings is 1. The molecule has 0 fully saturated rings. The minimum atomic E-state index is 0.606. The molecule has 0 saturated heterocycles. The summed E-state index contributed by atoms with van der Waals surface area (Å²) in [6, 6.07) is 33.5. The van der Waals surface area contributed by atoms with Crippen molar-refractivity contribution in [1.82, 2.24) is 9.55 Å². The number of aryl methyl sites for hydroxylation is 1. The zero-order valence-electron chi connectivity index (χ0n) is 22.2. The number of fused-ring (bicyclic) bond motifs is 4. The van der Waals surface area contributed by atoms with E-state index in [4.69, 9.17) is 4.42 Å². The second-order valence-corrected chi connectivity index (χ2v) is 9.91. The Labute approximate surface area is 232 Å². The van der Waals surface area contributed by atoms with Crippen molar-refractivity contribution < 1.29 is 4.42 Å². The van der Waals surface area contributed by atoms with E-state index < -0.39 is 0 Å². The number of aromatic nitrogens is 2. The van der Waals surface area contributed by atoms with Crippen LogP contribution in [0.4, 0.5) is 0 Å². The number of furan rings is 1. The van der Waals surface area contributed by atoms with Crippen LogP contribution in [0.15, 0.2) is 114 Å². The van der Waals surface area contributed by atoms with E-state index in [9.17, 15) is 5.26 Å². The van der Waals surface area contributed by atoms with Crippen LogP contribution in [0.2, 0.25) is 0 Å². The summed E-state index contributed by atoms with van der Waals surface area (Å²) >= 11 is 0. The largest absolute Gasteiger partial charge is 0.456 e. The highest BCUT2D eigenvalue weighted by Gasteiger charge is 2.23. The standard InChI is InChI=1S/C36H25N3O/c1-3-9-32-23(2)26-11-4-6-13-33(26)39(32)36-28(17-16-27(31(36)21-37)25-10-8-19-38-22-25)24-15-18-35-30(20-24)29-12-5-7-14-34(29)40-35/h3-20,22H,1-2H3/b9-3-. The van der Waals surface area contributed by atoms with Gasteiger partial charge in [-0.2, -0.15) is 5.26 Å². The number of hydrogen-bond donors (Lipinski definition) is 0. The predicted molar refractivity (Wildman–Crippen MR) is 163 cm³/mol. The Morgan fingerprint density at radius 3 is 2.38 bits per heavy atom. The Balaban J connectivity index is 1.62. The van der Waals surface area contributed by atoms with Crippen molar-refractivity contribution in [2.75, 3.05) is 0 Å². The molecule has 0 bridgehead atoms. The van der Waals surface area contributed by atoms with Gasteiger partial charge in [0.15, 0.2) is 0 Å². The Bertz CT molecular complexity index is 2140. The monoisotopic (exact) mass is 515 g/mol. The first kappa shape index (κ1) is 23.7. The maximum atomic E-state index is 10.8. The molecule has 0 atom stereocenters. The van der Waals surface area contributed by atoms with Gasteiger partial charge in [0.25, 0.3) is 0 Å². The summed E-state index contributed by atoms with van der Waals surface area (Å²) in [5.74, 6) is 0. The Morgan fingerprint density at radius 1 is 0.800 bits per heavy atom. The maximum Gasteiger partial charge on any atom is 0.135 e. The molecule has 3 aromatic heterocycles. The second kappa shape index (κ2) is 9.41. The van der Waals surface area contributed by atoms with Crippen LogP contribution in [0, 0.1) is 18.3 Å². The zero-order valence-corrected chi connectivity index (χ0v) is 22.2. The Morgan fingerprint density at radius 2 is 1.57 bits per heavy atom. The van der Waals surface area contributed by atoms with Crippen LogP contribution in [-0.2, 0) is 0 Å². The molecule has 7 rings (SSSR count). The molecule has 0 spiro atoms. The molecule has 4 aromatic carbocycles. The van der Waals surface area contributed by atoms with Gasteiger partial charge in [0.05, 0.1) is 16.8 Å². The molecule has 0 aliphatic rings. The summed E-state index contributed by atoms with van der Waals surface area (Å²) in [5.41, 5.74) is 10.2. The molecular formula is C36H25N3O. The molecule has 0 aliphatic carbocycles. The molecule has 0 N–H and O–H groups in total. The van der Waals surface area contributed by atoms with E-state index in [1.54, 1.807) is 6.20 Å². The molecule has 7 aromatic rings. The number of rotatable bonds is 4. The van der Waals surface area contributed by atoms with E-state index >= 15 is 0 Å². The lowest BCUT2D eigenvalue weighted by Gasteiger charge is -2.19. The van der Waals surface area contributed by atoms with E-state index in [1.165, 1.54) is 5.56 Å². The predicted octanol–water partition coefficient (Wildman–Crippen LogP) is 9.47. The number of nitriles is 1.